The second kappa shape index (κ2) is 9.38. The molecule has 2 N–H and O–H groups in total. The summed E-state index contributed by atoms with van der Waals surface area (Å²) >= 11 is 0. The van der Waals surface area contributed by atoms with E-state index in [9.17, 15) is 30.8 Å². The van der Waals surface area contributed by atoms with Crippen LogP contribution in [0.15, 0.2) is 52.4 Å². The number of ketones is 1. The first-order chi connectivity index (χ1) is 17.5. The molecule has 0 aromatic heterocycles. The van der Waals surface area contributed by atoms with Crippen LogP contribution in [0.1, 0.15) is 26.3 Å². The molecule has 2 aromatic carbocycles. The molecule has 2 atom stereocenters. The van der Waals surface area contributed by atoms with Gasteiger partial charge in [0.15, 0.2) is 17.3 Å². The number of sulfone groups is 1. The van der Waals surface area contributed by atoms with Crippen LogP contribution in [-0.4, -0.2) is 52.8 Å². The van der Waals surface area contributed by atoms with Crippen molar-refractivity contribution in [3.63, 3.8) is 0 Å². The first-order valence-electron chi connectivity index (χ1n) is 11.5. The predicted octanol–water partition coefficient (Wildman–Crippen LogP) is 2.89. The van der Waals surface area contributed by atoms with Crippen LogP contribution in [-0.2, 0) is 36.0 Å². The molecule has 0 bridgehead atoms. The maximum atomic E-state index is 13.9. The number of likely N-dealkylation sites (tertiary alicyclic amines) is 1. The van der Waals surface area contributed by atoms with E-state index in [-0.39, 0.29) is 34.3 Å². The van der Waals surface area contributed by atoms with E-state index in [1.807, 2.05) is 0 Å². The normalized spacial score (nSPS) is 21.0. The minimum absolute atomic E-state index is 0.00609. The Morgan fingerprint density at radius 1 is 1.13 bits per heavy atom. The van der Waals surface area contributed by atoms with E-state index in [0.29, 0.717) is 5.56 Å². The zero-order valence-corrected chi connectivity index (χ0v) is 23.0. The van der Waals surface area contributed by atoms with Gasteiger partial charge in [0, 0.05) is 17.9 Å². The van der Waals surface area contributed by atoms with Crippen molar-refractivity contribution in [3.8, 4) is 5.75 Å². The van der Waals surface area contributed by atoms with Gasteiger partial charge in [0.2, 0.25) is 25.8 Å². The van der Waals surface area contributed by atoms with Crippen LogP contribution in [0.4, 0.5) is 15.8 Å². The van der Waals surface area contributed by atoms with Gasteiger partial charge in [0.05, 0.1) is 35.4 Å². The Bertz CT molecular complexity index is 1580. The molecule has 13 heteroatoms. The number of carbonyl (C=O) groups is 2. The molecule has 38 heavy (non-hydrogen) atoms. The highest BCUT2D eigenvalue weighted by atomic mass is 32.2. The van der Waals surface area contributed by atoms with Crippen molar-refractivity contribution in [3.05, 3.63) is 58.9 Å². The number of Topliss-reactive ketones (excluding diaryl/α,β-unsaturated/α-hetero) is 1. The Morgan fingerprint density at radius 2 is 1.82 bits per heavy atom. The number of amides is 1. The summed E-state index contributed by atoms with van der Waals surface area (Å²) in [5.74, 6) is -3.04. The van der Waals surface area contributed by atoms with Crippen molar-refractivity contribution < 1.29 is 35.6 Å². The van der Waals surface area contributed by atoms with Crippen molar-refractivity contribution >= 4 is 42.9 Å². The number of methoxy groups -OCH3 is 1. The van der Waals surface area contributed by atoms with Gasteiger partial charge in [-0.25, -0.2) is 21.2 Å². The second-order valence-electron chi connectivity index (χ2n) is 10.4. The molecular weight excluding hydrogens is 537 g/mol. The number of nitrogens with one attached hydrogen (secondary N) is 2. The standard InChI is InChI=1S/C25H28FN3O7S2/c1-25(2,3)23-22(30)21(24(31)29(23)12-14-6-8-16(26)19(10-14)36-4)18-13-38(34,35)20-11-15(28-37(5,32)33)7-9-17(20)27-18/h6-11,13,21,23,27-28H,12H2,1-5H3/t21?,23-/m1/s1. The lowest BCUT2D eigenvalue weighted by molar-refractivity contribution is -0.133. The van der Waals surface area contributed by atoms with Gasteiger partial charge >= 0.3 is 0 Å². The summed E-state index contributed by atoms with van der Waals surface area (Å²) < 4.78 is 70.6. The number of benzene rings is 2. The van der Waals surface area contributed by atoms with Crippen LogP contribution in [0.5, 0.6) is 5.75 Å². The fourth-order valence-corrected chi connectivity index (χ4v) is 6.70. The summed E-state index contributed by atoms with van der Waals surface area (Å²) in [6, 6.07) is 7.16. The summed E-state index contributed by atoms with van der Waals surface area (Å²) in [4.78, 5) is 28.5. The van der Waals surface area contributed by atoms with E-state index < -0.39 is 54.7 Å². The molecule has 1 amide bonds. The molecule has 1 unspecified atom stereocenters. The van der Waals surface area contributed by atoms with E-state index >= 15 is 0 Å². The first-order valence-corrected chi connectivity index (χ1v) is 15.0. The number of fused-ring (bicyclic) bond motifs is 1. The molecule has 0 saturated carbocycles. The molecule has 4 rings (SSSR count). The number of hydrogen-bond donors (Lipinski definition) is 2. The number of nitrogens with zero attached hydrogens (tertiary/aromatic N) is 1. The zero-order chi connectivity index (χ0) is 28.2. The number of anilines is 2. The summed E-state index contributed by atoms with van der Waals surface area (Å²) in [5, 5.41) is 3.73. The summed E-state index contributed by atoms with van der Waals surface area (Å²) in [6.45, 7) is 5.38. The van der Waals surface area contributed by atoms with E-state index in [1.54, 1.807) is 20.8 Å². The molecule has 1 saturated heterocycles. The van der Waals surface area contributed by atoms with E-state index in [4.69, 9.17) is 4.74 Å². The third kappa shape index (κ3) is 5.25. The fraction of sp³-hybridized carbons (Fsp3) is 0.360. The van der Waals surface area contributed by atoms with Crippen molar-refractivity contribution in [2.24, 2.45) is 11.3 Å². The van der Waals surface area contributed by atoms with E-state index in [2.05, 4.69) is 10.0 Å². The molecule has 0 spiro atoms. The summed E-state index contributed by atoms with van der Waals surface area (Å²) in [5.41, 5.74) is -0.0889. The van der Waals surface area contributed by atoms with Crippen LogP contribution >= 0.6 is 0 Å². The topological polar surface area (TPSA) is 139 Å². The maximum Gasteiger partial charge on any atom is 0.240 e. The van der Waals surface area contributed by atoms with Gasteiger partial charge in [-0.2, -0.15) is 0 Å². The first kappa shape index (κ1) is 27.6. The van der Waals surface area contributed by atoms with Gasteiger partial charge < -0.3 is 15.0 Å². The smallest absolute Gasteiger partial charge is 0.240 e. The Labute approximate surface area is 220 Å². The summed E-state index contributed by atoms with van der Waals surface area (Å²) in [7, 11) is -6.46. The molecule has 0 aliphatic carbocycles. The average Bonchev–Trinajstić information content (AvgIpc) is 3.03. The Morgan fingerprint density at radius 3 is 2.42 bits per heavy atom. The van der Waals surface area contributed by atoms with Gasteiger partial charge in [-0.3, -0.25) is 14.3 Å². The highest BCUT2D eigenvalue weighted by molar-refractivity contribution is 7.94. The van der Waals surface area contributed by atoms with Crippen LogP contribution in [0.3, 0.4) is 0 Å². The lowest BCUT2D eigenvalue weighted by atomic mass is 9.82. The minimum Gasteiger partial charge on any atom is -0.494 e. The SMILES string of the molecule is COc1cc(CN2C(=O)C(C3=CS(=O)(=O)c4cc(NS(C)(=O)=O)ccc4N3)C(=O)[C@@H]2C(C)(C)C)ccc1F. The van der Waals surface area contributed by atoms with Gasteiger partial charge in [0.1, 0.15) is 5.92 Å². The number of sulfonamides is 1. The highest BCUT2D eigenvalue weighted by Crippen LogP contribution is 2.41. The van der Waals surface area contributed by atoms with E-state index in [1.165, 1.54) is 42.3 Å². The van der Waals surface area contributed by atoms with Crippen molar-refractivity contribution in [2.45, 2.75) is 38.3 Å². The van der Waals surface area contributed by atoms with E-state index in [0.717, 1.165) is 17.7 Å². The van der Waals surface area contributed by atoms with Crippen LogP contribution in [0, 0.1) is 17.2 Å². The number of ether oxygens (including phenoxy) is 1. The minimum atomic E-state index is -4.14. The largest absolute Gasteiger partial charge is 0.494 e. The van der Waals surface area contributed by atoms with Crippen LogP contribution < -0.4 is 14.8 Å². The number of halogens is 1. The molecule has 2 aliphatic heterocycles. The Kier molecular flexibility index (Phi) is 6.81. The summed E-state index contributed by atoms with van der Waals surface area (Å²) in [6.07, 6.45) is 0.938. The zero-order valence-electron chi connectivity index (χ0n) is 21.4. The van der Waals surface area contributed by atoms with Crippen molar-refractivity contribution in [1.82, 2.24) is 4.90 Å². The van der Waals surface area contributed by atoms with Crippen LogP contribution in [0.2, 0.25) is 0 Å². The molecule has 204 valence electrons. The Balaban J connectivity index is 1.72. The molecule has 2 heterocycles. The van der Waals surface area contributed by atoms with Gasteiger partial charge in [0.25, 0.3) is 0 Å². The second-order valence-corrected chi connectivity index (χ2v) is 13.9. The number of rotatable bonds is 6. The molecule has 10 nitrogen and oxygen atoms in total. The van der Waals surface area contributed by atoms with Crippen molar-refractivity contribution in [2.75, 3.05) is 23.4 Å². The third-order valence-corrected chi connectivity index (χ3v) is 8.37. The molecule has 2 aliphatic rings. The number of hydrogen-bond acceptors (Lipinski definition) is 8. The maximum absolute atomic E-state index is 13.9. The van der Waals surface area contributed by atoms with Gasteiger partial charge in [-0.1, -0.05) is 26.8 Å². The third-order valence-electron chi connectivity index (χ3n) is 6.25. The quantitative estimate of drug-likeness (QED) is 0.510. The molecule has 2 aromatic rings. The van der Waals surface area contributed by atoms with Crippen LogP contribution in [0.25, 0.3) is 0 Å². The lowest BCUT2D eigenvalue weighted by Gasteiger charge is -2.33. The Hall–Kier alpha value is -3.45. The van der Waals surface area contributed by atoms with Crippen molar-refractivity contribution in [1.29, 1.82) is 0 Å². The lowest BCUT2D eigenvalue weighted by Crippen LogP contribution is -2.44. The fourth-order valence-electron chi connectivity index (χ4n) is 4.77. The molecule has 0 radical (unpaired) electrons. The molecular formula is C25H28FN3O7S2. The monoisotopic (exact) mass is 565 g/mol. The number of carbonyl (C=O) groups excluding carboxylic acids is 2. The average molecular weight is 566 g/mol. The highest BCUT2D eigenvalue weighted by Gasteiger charge is 2.53. The van der Waals surface area contributed by atoms with Gasteiger partial charge in [-0.05, 0) is 41.3 Å². The van der Waals surface area contributed by atoms with Gasteiger partial charge in [-0.15, -0.1) is 0 Å². The predicted molar refractivity (Wildman–Crippen MR) is 139 cm³/mol. The molecule has 1 fully saturated rings.